The molecule has 0 saturated carbocycles. The standard InChI is InChI=1S/C42H24S/c1-2-10-30-28(7-1)23-29(31-21-22-39-42-34(31)12-6-13-35(42)33-11-3-4-14-38(33)43-39)24-37(30)32-19-17-27-16-15-25-8-5-9-26-18-20-36(32)41(27)40(25)26/h1-24H/i1D,2D,3D,4D,5D,6D,7D,8D,9D,10D,11D,12D,13D,14D,15D,16D,17D,18D,19D,20D,21D,22D,23D,24D. The summed E-state index contributed by atoms with van der Waals surface area (Å²) in [5, 5.41) is -4.20. The van der Waals surface area contributed by atoms with Gasteiger partial charge in [0.2, 0.25) is 0 Å². The summed E-state index contributed by atoms with van der Waals surface area (Å²) in [5.74, 6) is 0. The number of fused-ring (bicyclic) bond motifs is 3. The molecule has 0 amide bonds. The first kappa shape index (κ1) is 10.3. The Morgan fingerprint density at radius 1 is 0.349 bits per heavy atom. The first-order chi connectivity index (χ1) is 31.3. The molecule has 198 valence electrons. The van der Waals surface area contributed by atoms with Crippen molar-refractivity contribution in [3.63, 3.8) is 0 Å². The second kappa shape index (κ2) is 8.70. The Kier molecular flexibility index (Phi) is 2.08. The van der Waals surface area contributed by atoms with Crippen molar-refractivity contribution in [2.75, 3.05) is 0 Å². The fourth-order valence-electron chi connectivity index (χ4n) is 5.67. The molecule has 0 atom stereocenters. The van der Waals surface area contributed by atoms with Gasteiger partial charge in [-0.15, -0.1) is 0 Å². The zero-order chi connectivity index (χ0) is 49.0. The number of hydrogen-bond acceptors (Lipinski definition) is 1. The van der Waals surface area contributed by atoms with E-state index in [4.69, 9.17) is 19.2 Å². The van der Waals surface area contributed by atoms with Crippen LogP contribution in [-0.4, -0.2) is 0 Å². The van der Waals surface area contributed by atoms with Gasteiger partial charge in [-0.25, -0.2) is 0 Å². The van der Waals surface area contributed by atoms with E-state index in [0.29, 0.717) is 11.8 Å². The minimum atomic E-state index is -0.934. The monoisotopic (exact) mass is 584 g/mol. The van der Waals surface area contributed by atoms with E-state index in [1.807, 2.05) is 0 Å². The number of benzene rings is 9. The van der Waals surface area contributed by atoms with Gasteiger partial charge >= 0.3 is 0 Å². The van der Waals surface area contributed by atoms with Crippen molar-refractivity contribution in [3.8, 4) is 33.4 Å². The van der Waals surface area contributed by atoms with Gasteiger partial charge in [-0.1, -0.05) is 133 Å². The highest BCUT2D eigenvalue weighted by Gasteiger charge is 2.21. The first-order valence-corrected chi connectivity index (χ1v) is 13.7. The van der Waals surface area contributed by atoms with Crippen LogP contribution in [0.15, 0.2) is 155 Å². The Balaban J connectivity index is 1.51. The second-order valence-electron chi connectivity index (χ2n) is 9.76. The largest absolute Gasteiger partial charge is 0.0888 e. The van der Waals surface area contributed by atoms with Crippen LogP contribution in [0.4, 0.5) is 0 Å². The van der Waals surface area contributed by atoms with Crippen LogP contribution in [0.3, 0.4) is 0 Å². The molecule has 0 spiro atoms. The van der Waals surface area contributed by atoms with E-state index in [9.17, 15) is 13.7 Å². The van der Waals surface area contributed by atoms with Gasteiger partial charge in [0.15, 0.2) is 0 Å². The summed E-state index contributed by atoms with van der Waals surface area (Å²) in [4.78, 5) is -0.304. The van der Waals surface area contributed by atoms with Crippen molar-refractivity contribution in [2.45, 2.75) is 9.79 Å². The van der Waals surface area contributed by atoms with Gasteiger partial charge in [-0.2, -0.15) is 0 Å². The molecule has 1 heteroatoms. The van der Waals surface area contributed by atoms with Crippen LogP contribution in [0.1, 0.15) is 32.9 Å². The van der Waals surface area contributed by atoms with Crippen molar-refractivity contribution < 1.29 is 32.9 Å². The van der Waals surface area contributed by atoms with E-state index in [2.05, 4.69) is 0 Å². The summed E-state index contributed by atoms with van der Waals surface area (Å²) in [6.07, 6.45) is 0. The lowest BCUT2D eigenvalue weighted by atomic mass is 9.86. The smallest absolute Gasteiger partial charge is 0.0636 e. The van der Waals surface area contributed by atoms with Gasteiger partial charge in [-0.05, 0) is 106 Å². The van der Waals surface area contributed by atoms with Crippen molar-refractivity contribution >= 4 is 65.6 Å². The third kappa shape index (κ3) is 3.29. The van der Waals surface area contributed by atoms with Gasteiger partial charge in [0, 0.05) is 15.2 Å². The average Bonchev–Trinajstić information content (AvgIpc) is 3.29. The van der Waals surface area contributed by atoms with Gasteiger partial charge in [0.1, 0.15) is 0 Å². The van der Waals surface area contributed by atoms with E-state index in [-0.39, 0.29) is 37.1 Å². The molecular formula is C42H24S. The Morgan fingerprint density at radius 3 is 1.93 bits per heavy atom. The fraction of sp³-hybridized carbons (Fsp3) is 0. The van der Waals surface area contributed by atoms with Crippen LogP contribution in [0.5, 0.6) is 0 Å². The maximum atomic E-state index is 10.1. The van der Waals surface area contributed by atoms with Crippen molar-refractivity contribution in [3.05, 3.63) is 145 Å². The summed E-state index contributed by atoms with van der Waals surface area (Å²) in [5.41, 5.74) is -3.21. The number of hydrogen-bond donors (Lipinski definition) is 0. The molecule has 0 radical (unpaired) electrons. The van der Waals surface area contributed by atoms with Crippen LogP contribution in [0, 0.1) is 0 Å². The maximum absolute atomic E-state index is 10.1. The minimum absolute atomic E-state index is 0.136. The summed E-state index contributed by atoms with van der Waals surface area (Å²) in [6.45, 7) is 0. The lowest BCUT2D eigenvalue weighted by Crippen LogP contribution is -1.94. The molecule has 1 heterocycles. The predicted octanol–water partition coefficient (Wildman–Crippen LogP) is 12.4. The van der Waals surface area contributed by atoms with E-state index >= 15 is 0 Å². The molecule has 1 aliphatic heterocycles. The summed E-state index contributed by atoms with van der Waals surface area (Å²) in [7, 11) is 0. The highest BCUT2D eigenvalue weighted by Crippen LogP contribution is 2.50. The molecule has 43 heavy (non-hydrogen) atoms. The minimum Gasteiger partial charge on any atom is -0.0888 e. The molecular weight excluding hydrogens is 537 g/mol. The van der Waals surface area contributed by atoms with E-state index in [0.717, 1.165) is 0 Å². The SMILES string of the molecule is [2H]c1c([2H])c([2H])c2c(c1[2H])Sc1c([2H])c([2H])c(-c3c([2H])c(-c4c([2H])c([2H])c5c([2H])c([2H])c6c([2H])c([2H])c([2H])c7c([2H])c([2H])c4c5c67)c4c([2H])c([2H])c([2H])c([2H])c4c3[2H])c3c([2H])c([2H])c([2H])c-2c13. The third-order valence-electron chi connectivity index (χ3n) is 7.51. The van der Waals surface area contributed by atoms with Crippen LogP contribution < -0.4 is 0 Å². The molecule has 9 aromatic carbocycles. The van der Waals surface area contributed by atoms with Gasteiger partial charge in [0.05, 0.1) is 32.9 Å². The first-order valence-electron chi connectivity index (χ1n) is 24.9. The molecule has 1 aliphatic rings. The Morgan fingerprint density at radius 2 is 1.00 bits per heavy atom. The highest BCUT2D eigenvalue weighted by atomic mass is 32.2. The van der Waals surface area contributed by atoms with E-state index < -0.39 is 205 Å². The summed E-state index contributed by atoms with van der Waals surface area (Å²) >= 11 is 0.650. The molecule has 0 aliphatic carbocycles. The maximum Gasteiger partial charge on any atom is 0.0636 e. The molecule has 0 bridgehead atoms. The molecule has 0 unspecified atom stereocenters. The van der Waals surface area contributed by atoms with Crippen LogP contribution in [0.25, 0.3) is 87.2 Å². The Labute approximate surface area is 287 Å². The van der Waals surface area contributed by atoms with E-state index in [1.54, 1.807) is 0 Å². The van der Waals surface area contributed by atoms with Crippen molar-refractivity contribution in [2.24, 2.45) is 0 Å². The Hall–Kier alpha value is -5.11. The van der Waals surface area contributed by atoms with Crippen LogP contribution in [0.2, 0.25) is 0 Å². The van der Waals surface area contributed by atoms with Gasteiger partial charge in [0.25, 0.3) is 0 Å². The molecule has 0 aromatic heterocycles. The zero-order valence-electron chi connectivity index (χ0n) is 45.4. The lowest BCUT2D eigenvalue weighted by molar-refractivity contribution is 1.40. The van der Waals surface area contributed by atoms with Crippen LogP contribution >= 0.6 is 11.8 Å². The second-order valence-corrected chi connectivity index (χ2v) is 10.8. The molecule has 9 aromatic rings. The highest BCUT2D eigenvalue weighted by molar-refractivity contribution is 7.99. The van der Waals surface area contributed by atoms with Crippen molar-refractivity contribution in [1.29, 1.82) is 0 Å². The predicted molar refractivity (Wildman–Crippen MR) is 186 cm³/mol. The van der Waals surface area contributed by atoms with Gasteiger partial charge < -0.3 is 0 Å². The molecule has 0 saturated heterocycles. The summed E-state index contributed by atoms with van der Waals surface area (Å²) in [6, 6.07) is -18.4. The van der Waals surface area contributed by atoms with Crippen LogP contribution in [-0.2, 0) is 0 Å². The molecule has 10 rings (SSSR count). The van der Waals surface area contributed by atoms with Crippen molar-refractivity contribution in [1.82, 2.24) is 0 Å². The Bertz CT molecular complexity index is 3910. The summed E-state index contributed by atoms with van der Waals surface area (Å²) < 4.78 is 217. The fourth-order valence-corrected chi connectivity index (χ4v) is 6.64. The normalized spacial score (nSPS) is 20.4. The zero-order valence-corrected chi connectivity index (χ0v) is 22.2. The topological polar surface area (TPSA) is 0 Å². The molecule has 0 N–H and O–H groups in total. The lowest BCUT2D eigenvalue weighted by Gasteiger charge is -2.22. The number of rotatable bonds is 2. The molecule has 0 fully saturated rings. The van der Waals surface area contributed by atoms with Gasteiger partial charge in [-0.3, -0.25) is 0 Å². The van der Waals surface area contributed by atoms with E-state index in [1.165, 1.54) is 0 Å². The quantitative estimate of drug-likeness (QED) is 0.182. The molecule has 0 nitrogen and oxygen atoms in total. The third-order valence-corrected chi connectivity index (χ3v) is 8.53. The average molecular weight is 585 g/mol.